The number of nitrogens with zero attached hydrogens (tertiary/aromatic N) is 3. The fourth-order valence-electron chi connectivity index (χ4n) is 1.78. The van der Waals surface area contributed by atoms with Crippen molar-refractivity contribution < 1.29 is 0 Å². The normalized spacial score (nSPS) is 14.3. The molecule has 0 fully saturated rings. The molecule has 0 aliphatic rings. The first-order valence-electron chi connectivity index (χ1n) is 6.13. The van der Waals surface area contributed by atoms with E-state index >= 15 is 0 Å². The molecule has 0 radical (unpaired) electrons. The van der Waals surface area contributed by atoms with Crippen molar-refractivity contribution in [1.82, 2.24) is 14.8 Å². The van der Waals surface area contributed by atoms with Crippen molar-refractivity contribution in [3.8, 4) is 0 Å². The molecule has 1 aromatic heterocycles. The summed E-state index contributed by atoms with van der Waals surface area (Å²) in [6.45, 7) is 2.10. The SMILES string of the molecule is CCC(N)C(Sc1ncnn1C)c1ccc(Br)cc1. The minimum absolute atomic E-state index is 0.0860. The molecule has 0 aliphatic carbocycles. The Morgan fingerprint density at radius 2 is 2.05 bits per heavy atom. The van der Waals surface area contributed by atoms with Gasteiger partial charge >= 0.3 is 0 Å². The van der Waals surface area contributed by atoms with Gasteiger partial charge in [-0.25, -0.2) is 9.67 Å². The van der Waals surface area contributed by atoms with Crippen LogP contribution in [0.25, 0.3) is 0 Å². The maximum atomic E-state index is 6.26. The first-order chi connectivity index (χ1) is 9.11. The number of aryl methyl sites for hydroxylation is 1. The standard InChI is InChI=1S/C13H17BrN4S/c1-3-11(15)12(9-4-6-10(14)7-5-9)19-13-16-8-17-18(13)2/h4-8,11-12H,3,15H2,1-2H3. The fourth-order valence-corrected chi connectivity index (χ4v) is 3.23. The second-order valence-corrected chi connectivity index (χ2v) is 6.35. The van der Waals surface area contributed by atoms with Crippen molar-refractivity contribution >= 4 is 27.7 Å². The molecule has 4 nitrogen and oxygen atoms in total. The van der Waals surface area contributed by atoms with Crippen LogP contribution in [0.15, 0.2) is 40.2 Å². The van der Waals surface area contributed by atoms with Crippen LogP contribution in [0.2, 0.25) is 0 Å². The van der Waals surface area contributed by atoms with Gasteiger partial charge in [0.25, 0.3) is 0 Å². The van der Waals surface area contributed by atoms with Gasteiger partial charge < -0.3 is 5.73 Å². The highest BCUT2D eigenvalue weighted by atomic mass is 79.9. The Morgan fingerprint density at radius 3 is 2.58 bits per heavy atom. The largest absolute Gasteiger partial charge is 0.326 e. The summed E-state index contributed by atoms with van der Waals surface area (Å²) in [5.74, 6) is 0. The molecule has 0 spiro atoms. The predicted molar refractivity (Wildman–Crippen MR) is 82.0 cm³/mol. The van der Waals surface area contributed by atoms with Crippen LogP contribution in [0.5, 0.6) is 0 Å². The van der Waals surface area contributed by atoms with E-state index < -0.39 is 0 Å². The highest BCUT2D eigenvalue weighted by Gasteiger charge is 2.21. The van der Waals surface area contributed by atoms with Crippen molar-refractivity contribution in [3.63, 3.8) is 0 Å². The summed E-state index contributed by atoms with van der Waals surface area (Å²) < 4.78 is 2.85. The third kappa shape index (κ3) is 3.58. The lowest BCUT2D eigenvalue weighted by Crippen LogP contribution is -2.26. The Balaban J connectivity index is 2.26. The first-order valence-corrected chi connectivity index (χ1v) is 7.80. The lowest BCUT2D eigenvalue weighted by atomic mass is 10.0. The van der Waals surface area contributed by atoms with E-state index in [1.807, 2.05) is 19.2 Å². The second kappa shape index (κ2) is 6.54. The molecule has 0 saturated carbocycles. The number of rotatable bonds is 5. The summed E-state index contributed by atoms with van der Waals surface area (Å²) >= 11 is 5.12. The van der Waals surface area contributed by atoms with Gasteiger partial charge in [0.2, 0.25) is 0 Å². The van der Waals surface area contributed by atoms with Crippen LogP contribution in [-0.2, 0) is 7.05 Å². The third-order valence-corrected chi connectivity index (χ3v) is 4.95. The number of thioether (sulfide) groups is 1. The molecule has 1 heterocycles. The van der Waals surface area contributed by atoms with Crippen molar-refractivity contribution in [1.29, 1.82) is 0 Å². The van der Waals surface area contributed by atoms with Gasteiger partial charge in [-0.1, -0.05) is 46.7 Å². The summed E-state index contributed by atoms with van der Waals surface area (Å²) in [7, 11) is 1.89. The molecule has 0 saturated heterocycles. The summed E-state index contributed by atoms with van der Waals surface area (Å²) in [5, 5.41) is 5.17. The predicted octanol–water partition coefficient (Wildman–Crippen LogP) is 3.15. The zero-order valence-electron chi connectivity index (χ0n) is 11.0. The Labute approximate surface area is 125 Å². The van der Waals surface area contributed by atoms with E-state index in [-0.39, 0.29) is 11.3 Å². The molecule has 2 aromatic rings. The number of hydrogen-bond donors (Lipinski definition) is 1. The average Bonchev–Trinajstić information content (AvgIpc) is 2.82. The van der Waals surface area contributed by atoms with Crippen LogP contribution in [0.3, 0.4) is 0 Å². The topological polar surface area (TPSA) is 56.7 Å². The molecular formula is C13H17BrN4S. The third-order valence-electron chi connectivity index (χ3n) is 2.96. The number of benzene rings is 1. The first kappa shape index (κ1) is 14.6. The number of halogens is 1. The minimum atomic E-state index is 0.0860. The molecular weight excluding hydrogens is 324 g/mol. The van der Waals surface area contributed by atoms with Gasteiger partial charge in [-0.15, -0.1) is 0 Å². The van der Waals surface area contributed by atoms with Crippen LogP contribution in [-0.4, -0.2) is 20.8 Å². The molecule has 19 heavy (non-hydrogen) atoms. The summed E-state index contributed by atoms with van der Waals surface area (Å²) in [6.07, 6.45) is 2.49. The zero-order chi connectivity index (χ0) is 13.8. The van der Waals surface area contributed by atoms with Crippen LogP contribution >= 0.6 is 27.7 Å². The molecule has 0 aliphatic heterocycles. The smallest absolute Gasteiger partial charge is 0.186 e. The van der Waals surface area contributed by atoms with Gasteiger partial charge in [0.05, 0.1) is 5.25 Å². The van der Waals surface area contributed by atoms with E-state index in [0.717, 1.165) is 16.0 Å². The Morgan fingerprint density at radius 1 is 1.37 bits per heavy atom. The van der Waals surface area contributed by atoms with Crippen molar-refractivity contribution in [2.75, 3.05) is 0 Å². The fraction of sp³-hybridized carbons (Fsp3) is 0.385. The van der Waals surface area contributed by atoms with E-state index in [9.17, 15) is 0 Å². The van der Waals surface area contributed by atoms with E-state index in [0.29, 0.717) is 0 Å². The number of nitrogens with two attached hydrogens (primary N) is 1. The highest BCUT2D eigenvalue weighted by Crippen LogP contribution is 2.37. The van der Waals surface area contributed by atoms with Crippen LogP contribution in [0.4, 0.5) is 0 Å². The number of hydrogen-bond acceptors (Lipinski definition) is 4. The minimum Gasteiger partial charge on any atom is -0.326 e. The molecule has 2 atom stereocenters. The van der Waals surface area contributed by atoms with Crippen LogP contribution in [0.1, 0.15) is 24.2 Å². The van der Waals surface area contributed by atoms with E-state index in [1.54, 1.807) is 22.8 Å². The quantitative estimate of drug-likeness (QED) is 0.849. The van der Waals surface area contributed by atoms with E-state index in [1.165, 1.54) is 5.56 Å². The maximum absolute atomic E-state index is 6.26. The number of aromatic nitrogens is 3. The van der Waals surface area contributed by atoms with Gasteiger partial charge in [-0.05, 0) is 24.1 Å². The Kier molecular flexibility index (Phi) is 5.01. The van der Waals surface area contributed by atoms with Gasteiger partial charge in [-0.3, -0.25) is 0 Å². The van der Waals surface area contributed by atoms with Gasteiger partial charge in [-0.2, -0.15) is 5.10 Å². The molecule has 0 bridgehead atoms. The molecule has 102 valence electrons. The molecule has 1 aromatic carbocycles. The zero-order valence-corrected chi connectivity index (χ0v) is 13.4. The highest BCUT2D eigenvalue weighted by molar-refractivity contribution is 9.10. The molecule has 0 amide bonds. The van der Waals surface area contributed by atoms with Crippen molar-refractivity contribution in [3.05, 3.63) is 40.6 Å². The monoisotopic (exact) mass is 340 g/mol. The summed E-state index contributed by atoms with van der Waals surface area (Å²) in [5.41, 5.74) is 7.48. The van der Waals surface area contributed by atoms with Crippen LogP contribution in [0, 0.1) is 0 Å². The van der Waals surface area contributed by atoms with E-state index in [4.69, 9.17) is 5.73 Å². The summed E-state index contributed by atoms with van der Waals surface area (Å²) in [6, 6.07) is 8.38. The average molecular weight is 341 g/mol. The lowest BCUT2D eigenvalue weighted by molar-refractivity contribution is 0.625. The summed E-state index contributed by atoms with van der Waals surface area (Å²) in [4.78, 5) is 4.27. The molecule has 2 N–H and O–H groups in total. The molecule has 6 heteroatoms. The van der Waals surface area contributed by atoms with Gasteiger partial charge in [0.1, 0.15) is 6.33 Å². The van der Waals surface area contributed by atoms with Crippen molar-refractivity contribution in [2.24, 2.45) is 12.8 Å². The lowest BCUT2D eigenvalue weighted by Gasteiger charge is -2.22. The maximum Gasteiger partial charge on any atom is 0.186 e. The van der Waals surface area contributed by atoms with Gasteiger partial charge in [0, 0.05) is 17.6 Å². The Bertz CT molecular complexity index is 526. The van der Waals surface area contributed by atoms with Crippen LogP contribution < -0.4 is 5.73 Å². The molecule has 2 rings (SSSR count). The van der Waals surface area contributed by atoms with Gasteiger partial charge in [0.15, 0.2) is 5.16 Å². The second-order valence-electron chi connectivity index (χ2n) is 4.33. The Hall–Kier alpha value is -0.850. The molecule has 2 unspecified atom stereocenters. The van der Waals surface area contributed by atoms with Crippen molar-refractivity contribution in [2.45, 2.75) is 29.8 Å². The van der Waals surface area contributed by atoms with E-state index in [2.05, 4.69) is 45.1 Å².